The lowest BCUT2D eigenvalue weighted by Gasteiger charge is -2.29. The molecule has 0 aromatic heterocycles. The fraction of sp³-hybridized carbons (Fsp3) is 0.200. The van der Waals surface area contributed by atoms with Gasteiger partial charge in [-0.1, -0.05) is 48.0 Å². The first-order valence-electron chi connectivity index (χ1n) is 10.5. The van der Waals surface area contributed by atoms with Gasteiger partial charge in [0.05, 0.1) is 17.3 Å². The number of amides is 2. The molecule has 0 radical (unpaired) electrons. The number of urea groups is 1. The van der Waals surface area contributed by atoms with Gasteiger partial charge in [-0.05, 0) is 60.4 Å². The lowest BCUT2D eigenvalue weighted by atomic mass is 9.77. The topological polar surface area (TPSA) is 44.7 Å². The molecule has 2 atom stereocenters. The van der Waals surface area contributed by atoms with Crippen LogP contribution in [0.15, 0.2) is 77.9 Å². The highest BCUT2D eigenvalue weighted by molar-refractivity contribution is 6.30. The molecule has 1 aliphatic heterocycles. The molecule has 8 heteroatoms. The maximum absolute atomic E-state index is 13.3. The largest absolute Gasteiger partial charge is 0.416 e. The second kappa shape index (κ2) is 8.23. The Morgan fingerprint density at radius 1 is 1.00 bits per heavy atom. The number of hydrazone groups is 1. The highest BCUT2D eigenvalue weighted by Gasteiger charge is 2.44. The van der Waals surface area contributed by atoms with Crippen LogP contribution in [-0.2, 0) is 12.6 Å². The number of hydrogen-bond donors (Lipinski definition) is 1. The summed E-state index contributed by atoms with van der Waals surface area (Å²) in [6.45, 7) is 0. The number of alkyl halides is 3. The summed E-state index contributed by atoms with van der Waals surface area (Å²) >= 11 is 5.93. The Hall–Kier alpha value is -3.32. The number of carbonyl (C=O) groups excluding carboxylic acids is 1. The summed E-state index contributed by atoms with van der Waals surface area (Å²) in [7, 11) is 0. The van der Waals surface area contributed by atoms with Crippen molar-refractivity contribution in [2.75, 3.05) is 5.32 Å². The van der Waals surface area contributed by atoms with Crippen LogP contribution in [-0.4, -0.2) is 16.8 Å². The summed E-state index contributed by atoms with van der Waals surface area (Å²) in [6, 6.07) is 18.6. The van der Waals surface area contributed by atoms with Crippen LogP contribution in [0.4, 0.5) is 23.7 Å². The molecule has 2 amide bonds. The Bertz CT molecular complexity index is 1220. The van der Waals surface area contributed by atoms with Crippen molar-refractivity contribution >= 4 is 29.0 Å². The van der Waals surface area contributed by atoms with Gasteiger partial charge in [0, 0.05) is 22.2 Å². The number of hydrogen-bond acceptors (Lipinski definition) is 2. The maximum Gasteiger partial charge on any atom is 0.416 e. The molecule has 0 fully saturated rings. The van der Waals surface area contributed by atoms with E-state index in [9.17, 15) is 18.0 Å². The molecule has 5 rings (SSSR count). The van der Waals surface area contributed by atoms with E-state index < -0.39 is 23.8 Å². The first-order valence-corrected chi connectivity index (χ1v) is 10.9. The Balaban J connectivity index is 1.52. The quantitative estimate of drug-likeness (QED) is 0.435. The third-order valence-electron chi connectivity index (χ3n) is 6.11. The number of carbonyl (C=O) groups is 1. The van der Waals surface area contributed by atoms with E-state index in [1.165, 1.54) is 17.1 Å². The second-order valence-electron chi connectivity index (χ2n) is 8.13. The number of aryl methyl sites for hydroxylation is 1. The van der Waals surface area contributed by atoms with Gasteiger partial charge in [0.25, 0.3) is 0 Å². The average molecular weight is 470 g/mol. The van der Waals surface area contributed by atoms with E-state index in [0.29, 0.717) is 16.3 Å². The Kier molecular flexibility index (Phi) is 5.37. The number of rotatable bonds is 2. The van der Waals surface area contributed by atoms with E-state index in [2.05, 4.69) is 10.4 Å². The number of fused-ring (bicyclic) bond motifs is 3. The van der Waals surface area contributed by atoms with Crippen molar-refractivity contribution in [3.63, 3.8) is 0 Å². The van der Waals surface area contributed by atoms with Crippen molar-refractivity contribution in [3.05, 3.63) is 100 Å². The van der Waals surface area contributed by atoms with Crippen LogP contribution >= 0.6 is 11.6 Å². The van der Waals surface area contributed by atoms with Crippen LogP contribution in [0, 0.1) is 5.92 Å². The minimum Gasteiger partial charge on any atom is -0.306 e. The van der Waals surface area contributed by atoms with Gasteiger partial charge in [-0.3, -0.25) is 0 Å². The van der Waals surface area contributed by atoms with Crippen molar-refractivity contribution in [2.24, 2.45) is 11.0 Å². The third-order valence-corrected chi connectivity index (χ3v) is 6.36. The Morgan fingerprint density at radius 2 is 1.70 bits per heavy atom. The number of anilines is 1. The predicted octanol–water partition coefficient (Wildman–Crippen LogP) is 6.91. The predicted molar refractivity (Wildman–Crippen MR) is 121 cm³/mol. The van der Waals surface area contributed by atoms with Gasteiger partial charge < -0.3 is 5.32 Å². The minimum atomic E-state index is -4.43. The van der Waals surface area contributed by atoms with Crippen LogP contribution in [0.5, 0.6) is 0 Å². The van der Waals surface area contributed by atoms with Gasteiger partial charge in [-0.15, -0.1) is 0 Å². The molecule has 0 saturated heterocycles. The van der Waals surface area contributed by atoms with Crippen LogP contribution in [0.1, 0.15) is 34.7 Å². The first kappa shape index (κ1) is 21.5. The monoisotopic (exact) mass is 469 g/mol. The van der Waals surface area contributed by atoms with E-state index in [-0.39, 0.29) is 5.92 Å². The zero-order valence-electron chi connectivity index (χ0n) is 17.3. The molecule has 4 nitrogen and oxygen atoms in total. The molecule has 1 N–H and O–H groups in total. The van der Waals surface area contributed by atoms with Crippen LogP contribution < -0.4 is 5.32 Å². The molecular weight excluding hydrogens is 451 g/mol. The van der Waals surface area contributed by atoms with Crippen LogP contribution in [0.25, 0.3) is 0 Å². The van der Waals surface area contributed by atoms with E-state index >= 15 is 0 Å². The molecule has 2 unspecified atom stereocenters. The maximum atomic E-state index is 13.3. The molecule has 3 aromatic carbocycles. The lowest BCUT2D eigenvalue weighted by Crippen LogP contribution is -2.35. The van der Waals surface area contributed by atoms with Crippen molar-refractivity contribution in [3.8, 4) is 0 Å². The van der Waals surface area contributed by atoms with E-state index in [1.54, 1.807) is 24.3 Å². The third kappa shape index (κ3) is 4.09. The van der Waals surface area contributed by atoms with Crippen molar-refractivity contribution in [1.29, 1.82) is 0 Å². The molecule has 1 heterocycles. The molecule has 168 valence electrons. The van der Waals surface area contributed by atoms with Crippen molar-refractivity contribution < 1.29 is 18.0 Å². The minimum absolute atomic E-state index is 0.118. The molecular formula is C25H19ClF3N3O. The van der Waals surface area contributed by atoms with Gasteiger partial charge in [0.2, 0.25) is 0 Å². The molecule has 1 aliphatic carbocycles. The van der Waals surface area contributed by atoms with Crippen molar-refractivity contribution in [1.82, 2.24) is 5.01 Å². The molecule has 0 spiro atoms. The number of benzene rings is 3. The summed E-state index contributed by atoms with van der Waals surface area (Å²) < 4.78 is 39.3. The first-order chi connectivity index (χ1) is 15.8. The van der Waals surface area contributed by atoms with Crippen LogP contribution in [0.2, 0.25) is 5.02 Å². The normalized spacial score (nSPS) is 19.5. The standard InChI is InChI=1S/C25H19ClF3N3O/c26-18-10-12-19(13-11-18)30-24(33)32-23(16-5-8-17(9-6-16)25(27,28)29)21-14-7-15-3-1-2-4-20(15)22(21)31-32/h1-6,8-13,21,23H,7,14H2,(H,30,33). The SMILES string of the molecule is O=C(Nc1ccc(Cl)cc1)N1N=C2c3ccccc3CCC2C1c1ccc(C(F)(F)F)cc1. The van der Waals surface area contributed by atoms with Gasteiger partial charge in [0.15, 0.2) is 0 Å². The lowest BCUT2D eigenvalue weighted by molar-refractivity contribution is -0.137. The fourth-order valence-corrected chi connectivity index (χ4v) is 4.67. The molecule has 3 aromatic rings. The molecule has 0 saturated carbocycles. The Labute approximate surface area is 193 Å². The van der Waals surface area contributed by atoms with Gasteiger partial charge >= 0.3 is 12.2 Å². The smallest absolute Gasteiger partial charge is 0.306 e. The summed E-state index contributed by atoms with van der Waals surface area (Å²) in [4.78, 5) is 13.3. The number of nitrogens with zero attached hydrogens (tertiary/aromatic N) is 2. The van der Waals surface area contributed by atoms with Gasteiger partial charge in [0.1, 0.15) is 0 Å². The van der Waals surface area contributed by atoms with E-state index in [0.717, 1.165) is 41.8 Å². The van der Waals surface area contributed by atoms with Gasteiger partial charge in [-0.2, -0.15) is 18.3 Å². The molecule has 2 aliphatic rings. The van der Waals surface area contributed by atoms with Gasteiger partial charge in [-0.25, -0.2) is 9.80 Å². The van der Waals surface area contributed by atoms with Crippen molar-refractivity contribution in [2.45, 2.75) is 25.1 Å². The van der Waals surface area contributed by atoms with Crippen LogP contribution in [0.3, 0.4) is 0 Å². The zero-order chi connectivity index (χ0) is 23.2. The summed E-state index contributed by atoms with van der Waals surface area (Å²) in [5.41, 5.74) is 3.35. The highest BCUT2D eigenvalue weighted by Crippen LogP contribution is 2.44. The summed E-state index contributed by atoms with van der Waals surface area (Å²) in [5.74, 6) is -0.118. The fourth-order valence-electron chi connectivity index (χ4n) is 4.55. The zero-order valence-corrected chi connectivity index (χ0v) is 18.1. The summed E-state index contributed by atoms with van der Waals surface area (Å²) in [5, 5.41) is 9.41. The number of nitrogens with one attached hydrogen (secondary N) is 1. The molecule has 33 heavy (non-hydrogen) atoms. The second-order valence-corrected chi connectivity index (χ2v) is 8.57. The van der Waals surface area contributed by atoms with E-state index in [4.69, 9.17) is 11.6 Å². The summed E-state index contributed by atoms with van der Waals surface area (Å²) in [6.07, 6.45) is -2.87. The Morgan fingerprint density at radius 3 is 2.39 bits per heavy atom. The highest BCUT2D eigenvalue weighted by atomic mass is 35.5. The van der Waals surface area contributed by atoms with E-state index in [1.807, 2.05) is 24.3 Å². The number of halogens is 4. The molecule has 0 bridgehead atoms. The average Bonchev–Trinajstić information content (AvgIpc) is 3.20.